The first-order chi connectivity index (χ1) is 24.5. The van der Waals surface area contributed by atoms with E-state index in [0.717, 1.165) is 6.92 Å². The van der Waals surface area contributed by atoms with E-state index < -0.39 is 161 Å². The molecule has 0 saturated carbocycles. The molecule has 3 heterocycles. The van der Waals surface area contributed by atoms with Gasteiger partial charge in [-0.05, 0) is 13.8 Å². The fourth-order valence-corrected chi connectivity index (χ4v) is 6.10. The molecule has 7 unspecified atom stereocenters. The summed E-state index contributed by atoms with van der Waals surface area (Å²) in [5.41, 5.74) is 0. The Morgan fingerprint density at radius 3 is 1.79 bits per heavy atom. The number of nitrogens with one attached hydrogen (secondary N) is 2. The van der Waals surface area contributed by atoms with Crippen LogP contribution in [0.1, 0.15) is 27.7 Å². The van der Waals surface area contributed by atoms with Gasteiger partial charge >= 0.3 is 0 Å². The van der Waals surface area contributed by atoms with Crippen molar-refractivity contribution in [1.29, 1.82) is 0 Å². The summed E-state index contributed by atoms with van der Waals surface area (Å²) in [5.74, 6) is -1.20. The molecule has 13 N–H and O–H groups in total. The van der Waals surface area contributed by atoms with Crippen LogP contribution in [-0.2, 0) is 42.7 Å². The van der Waals surface area contributed by atoms with E-state index in [2.05, 4.69) is 10.6 Å². The molecule has 22 heteroatoms. The van der Waals surface area contributed by atoms with Gasteiger partial charge in [-0.15, -0.1) is 0 Å². The van der Waals surface area contributed by atoms with Gasteiger partial charge in [0.15, 0.2) is 18.9 Å². The van der Waals surface area contributed by atoms with Crippen molar-refractivity contribution in [3.63, 3.8) is 0 Å². The molecule has 0 aromatic carbocycles. The van der Waals surface area contributed by atoms with E-state index in [1.54, 1.807) is 6.92 Å². The van der Waals surface area contributed by atoms with Crippen molar-refractivity contribution in [2.45, 2.75) is 144 Å². The fourth-order valence-electron chi connectivity index (χ4n) is 6.10. The smallest absolute Gasteiger partial charge is 0.217 e. The molecular formula is C30H54N2O20. The summed E-state index contributed by atoms with van der Waals surface area (Å²) in [4.78, 5) is 24.1. The molecule has 3 aliphatic rings. The molecule has 0 bridgehead atoms. The van der Waals surface area contributed by atoms with Crippen LogP contribution in [0.4, 0.5) is 0 Å². The minimum atomic E-state index is -1.91. The maximum absolute atomic E-state index is 12.3. The van der Waals surface area contributed by atoms with Crippen molar-refractivity contribution >= 4 is 11.8 Å². The predicted molar refractivity (Wildman–Crippen MR) is 167 cm³/mol. The van der Waals surface area contributed by atoms with Crippen LogP contribution in [0.2, 0.25) is 0 Å². The minimum Gasteiger partial charge on any atom is -0.394 e. The van der Waals surface area contributed by atoms with Crippen molar-refractivity contribution in [3.05, 3.63) is 0 Å². The number of ether oxygens (including phenoxy) is 7. The SMILES string of the molecule is CC(=O)N[C@H]1C(O)[C@H](O[C@H](OC(CO[C@H]2OC(CO)[C@@H](O)C(O)[C@H]2O)[C@H](C)O)[C@H](O)CO)C(CO)O[C@H]1O[C@@H]1C(CO)O[C@@H](C)[C@@H](NC(C)=O)C1O. The topological polar surface area (TPSA) is 345 Å². The summed E-state index contributed by atoms with van der Waals surface area (Å²) in [6.45, 7) is 1.22. The summed E-state index contributed by atoms with van der Waals surface area (Å²) < 4.78 is 39.9. The number of aliphatic hydroxyl groups excluding tert-OH is 11. The Morgan fingerprint density at radius 2 is 1.25 bits per heavy atom. The van der Waals surface area contributed by atoms with Gasteiger partial charge in [-0.3, -0.25) is 9.59 Å². The molecule has 0 aromatic rings. The molecule has 0 radical (unpaired) electrons. The summed E-state index contributed by atoms with van der Waals surface area (Å²) in [6.07, 6.45) is -26.3. The molecule has 3 fully saturated rings. The Bertz CT molecular complexity index is 1110. The number of amides is 2. The molecule has 0 aromatic heterocycles. The summed E-state index contributed by atoms with van der Waals surface area (Å²) in [6, 6.07) is -2.53. The largest absolute Gasteiger partial charge is 0.394 e. The van der Waals surface area contributed by atoms with E-state index in [4.69, 9.17) is 33.2 Å². The van der Waals surface area contributed by atoms with E-state index >= 15 is 0 Å². The average molecular weight is 763 g/mol. The maximum atomic E-state index is 12.3. The van der Waals surface area contributed by atoms with Crippen LogP contribution < -0.4 is 10.6 Å². The molecule has 3 rings (SSSR count). The Hall–Kier alpha value is -1.78. The predicted octanol–water partition coefficient (Wildman–Crippen LogP) is -7.75. The van der Waals surface area contributed by atoms with Crippen molar-refractivity contribution in [2.75, 3.05) is 33.0 Å². The van der Waals surface area contributed by atoms with Crippen molar-refractivity contribution < 1.29 is 98.9 Å². The third kappa shape index (κ3) is 10.9. The fraction of sp³-hybridized carbons (Fsp3) is 0.933. The van der Waals surface area contributed by atoms with E-state index in [0.29, 0.717) is 0 Å². The van der Waals surface area contributed by atoms with Crippen molar-refractivity contribution in [3.8, 4) is 0 Å². The standard InChI is InChI=1S/C30H54N2O20/c1-10(37)18(9-46-30-25(45)24(44)21(41)15(6-34)48-30)50-28(14(40)5-33)51-27-17(8-36)49-29(20(23(27)43)32-13(4)39)52-26-16(7-35)47-11(2)19(22(26)42)31-12(3)38/h10-11,14-30,33-37,40-45H,5-9H2,1-4H3,(H,31,38)(H,32,39)/t10-,11-,14+,15?,16?,17?,18?,19+,20-,21+,22?,23?,24?,25+,26+,27+,28-,29-,30-/m0/s1. The number of carbonyl (C=O) groups excluding carboxylic acids is 2. The Morgan fingerprint density at radius 1 is 0.712 bits per heavy atom. The van der Waals surface area contributed by atoms with Crippen LogP contribution in [0.15, 0.2) is 0 Å². The van der Waals surface area contributed by atoms with Gasteiger partial charge in [0.25, 0.3) is 0 Å². The monoisotopic (exact) mass is 762 g/mol. The highest BCUT2D eigenvalue weighted by Crippen LogP contribution is 2.31. The molecule has 2 amide bonds. The van der Waals surface area contributed by atoms with Crippen molar-refractivity contribution in [1.82, 2.24) is 10.6 Å². The molecular weight excluding hydrogens is 708 g/mol. The van der Waals surface area contributed by atoms with E-state index in [9.17, 15) is 65.8 Å². The quantitative estimate of drug-likeness (QED) is 0.0612. The molecule has 0 spiro atoms. The summed E-state index contributed by atoms with van der Waals surface area (Å²) in [5, 5.41) is 119. The summed E-state index contributed by atoms with van der Waals surface area (Å²) in [7, 11) is 0. The lowest BCUT2D eigenvalue weighted by molar-refractivity contribution is -0.345. The molecule has 19 atom stereocenters. The van der Waals surface area contributed by atoms with Crippen LogP contribution >= 0.6 is 0 Å². The first-order valence-corrected chi connectivity index (χ1v) is 16.8. The van der Waals surface area contributed by atoms with Crippen LogP contribution in [0, 0.1) is 0 Å². The van der Waals surface area contributed by atoms with Gasteiger partial charge in [0, 0.05) is 13.8 Å². The second-order valence-corrected chi connectivity index (χ2v) is 13.0. The zero-order valence-electron chi connectivity index (χ0n) is 29.1. The Labute approximate surface area is 298 Å². The highest BCUT2D eigenvalue weighted by atomic mass is 16.8. The molecule has 22 nitrogen and oxygen atoms in total. The molecule has 3 saturated heterocycles. The third-order valence-corrected chi connectivity index (χ3v) is 8.94. The molecule has 3 aliphatic heterocycles. The highest BCUT2D eigenvalue weighted by molar-refractivity contribution is 5.73. The van der Waals surface area contributed by atoms with Gasteiger partial charge in [0.05, 0.1) is 51.3 Å². The second-order valence-electron chi connectivity index (χ2n) is 13.0. The normalized spacial score (nSPS) is 40.7. The van der Waals surface area contributed by atoms with Gasteiger partial charge < -0.3 is 100.0 Å². The van der Waals surface area contributed by atoms with Crippen LogP contribution in [0.5, 0.6) is 0 Å². The van der Waals surface area contributed by atoms with Gasteiger partial charge in [-0.25, -0.2) is 0 Å². The van der Waals surface area contributed by atoms with Gasteiger partial charge in [0.1, 0.15) is 79.3 Å². The van der Waals surface area contributed by atoms with Gasteiger partial charge in [-0.1, -0.05) is 0 Å². The van der Waals surface area contributed by atoms with Crippen LogP contribution in [-0.4, -0.2) is 217 Å². The average Bonchev–Trinajstić information content (AvgIpc) is 3.09. The third-order valence-electron chi connectivity index (χ3n) is 8.94. The first-order valence-electron chi connectivity index (χ1n) is 16.8. The zero-order chi connectivity index (χ0) is 39.0. The molecule has 52 heavy (non-hydrogen) atoms. The number of hydrogen-bond acceptors (Lipinski definition) is 20. The number of rotatable bonds is 17. The lowest BCUT2D eigenvalue weighted by Crippen LogP contribution is -2.69. The number of aliphatic hydroxyl groups is 11. The minimum absolute atomic E-state index is 0.499. The second kappa shape index (κ2) is 20.2. The Balaban J connectivity index is 1.83. The Kier molecular flexibility index (Phi) is 17.4. The van der Waals surface area contributed by atoms with E-state index in [-0.39, 0.29) is 0 Å². The van der Waals surface area contributed by atoms with E-state index in [1.807, 2.05) is 0 Å². The molecule has 0 aliphatic carbocycles. The zero-order valence-corrected chi connectivity index (χ0v) is 29.1. The van der Waals surface area contributed by atoms with Crippen LogP contribution in [0.25, 0.3) is 0 Å². The lowest BCUT2D eigenvalue weighted by Gasteiger charge is -2.49. The van der Waals surface area contributed by atoms with Crippen molar-refractivity contribution in [2.24, 2.45) is 0 Å². The lowest BCUT2D eigenvalue weighted by atomic mass is 9.92. The van der Waals surface area contributed by atoms with E-state index in [1.165, 1.54) is 13.8 Å². The van der Waals surface area contributed by atoms with Crippen LogP contribution in [0.3, 0.4) is 0 Å². The highest BCUT2D eigenvalue weighted by Gasteiger charge is 2.52. The number of hydrogen-bond donors (Lipinski definition) is 13. The van der Waals surface area contributed by atoms with Gasteiger partial charge in [0.2, 0.25) is 11.8 Å². The summed E-state index contributed by atoms with van der Waals surface area (Å²) >= 11 is 0. The molecule has 304 valence electrons. The number of carbonyl (C=O) groups is 2. The maximum Gasteiger partial charge on any atom is 0.217 e. The van der Waals surface area contributed by atoms with Gasteiger partial charge in [-0.2, -0.15) is 0 Å². The first kappa shape index (κ1) is 44.6.